The number of hydrogen-bond donors (Lipinski definition) is 1. The summed E-state index contributed by atoms with van der Waals surface area (Å²) >= 11 is 0. The Hall–Kier alpha value is -0.0900. The zero-order valence-corrected chi connectivity index (χ0v) is 8.76. The molecule has 5 unspecified atom stereocenters. The van der Waals surface area contributed by atoms with Crippen molar-refractivity contribution in [2.75, 3.05) is 0 Å². The van der Waals surface area contributed by atoms with Crippen molar-refractivity contribution in [3.8, 4) is 0 Å². The molecule has 0 radical (unpaired) electrons. The Bertz CT molecular complexity index is 364. The van der Waals surface area contributed by atoms with Crippen LogP contribution >= 0.6 is 0 Å². The molecule has 1 saturated heterocycles. The molecule has 0 aromatic rings. The summed E-state index contributed by atoms with van der Waals surface area (Å²) in [6, 6.07) is 0.244. The molecule has 0 aromatic carbocycles. The van der Waals surface area contributed by atoms with Crippen LogP contribution < -0.4 is 4.72 Å². The molecule has 2 aliphatic carbocycles. The SMILES string of the molecule is CC1C2NS(=O)(=O)C3CC1(C)CC23. The Morgan fingerprint density at radius 3 is 2.62 bits per heavy atom. The minimum absolute atomic E-state index is 0.0706. The van der Waals surface area contributed by atoms with Gasteiger partial charge in [-0.3, -0.25) is 0 Å². The molecule has 4 heteroatoms. The molecule has 3 aliphatic rings. The van der Waals surface area contributed by atoms with Gasteiger partial charge in [0.05, 0.1) is 5.25 Å². The quantitative estimate of drug-likeness (QED) is 0.628. The van der Waals surface area contributed by atoms with Crippen LogP contribution in [0.4, 0.5) is 0 Å². The summed E-state index contributed by atoms with van der Waals surface area (Å²) in [5.74, 6) is 0.927. The number of sulfonamides is 1. The molecule has 3 rings (SSSR count). The van der Waals surface area contributed by atoms with Gasteiger partial charge in [-0.1, -0.05) is 13.8 Å². The highest BCUT2D eigenvalue weighted by Crippen LogP contribution is 2.61. The molecule has 3 fully saturated rings. The number of rotatable bonds is 0. The third-order valence-corrected chi connectivity index (χ3v) is 6.56. The molecule has 0 aromatic heterocycles. The highest BCUT2D eigenvalue weighted by atomic mass is 32.2. The summed E-state index contributed by atoms with van der Waals surface area (Å²) in [7, 11) is -2.95. The van der Waals surface area contributed by atoms with Gasteiger partial charge in [-0.05, 0) is 30.1 Å². The molecule has 2 saturated carbocycles. The molecule has 5 atom stereocenters. The second-order valence-corrected chi connectivity index (χ2v) is 7.17. The van der Waals surface area contributed by atoms with Crippen LogP contribution in [0.3, 0.4) is 0 Å². The van der Waals surface area contributed by atoms with Gasteiger partial charge in [0.15, 0.2) is 0 Å². The summed E-state index contributed by atoms with van der Waals surface area (Å²) in [6.45, 7) is 4.43. The van der Waals surface area contributed by atoms with Crippen LogP contribution in [-0.4, -0.2) is 19.7 Å². The highest BCUT2D eigenvalue weighted by Gasteiger charge is 2.65. The van der Waals surface area contributed by atoms with Crippen LogP contribution in [0.5, 0.6) is 0 Å². The highest BCUT2D eigenvalue weighted by molar-refractivity contribution is 7.90. The molecule has 74 valence electrons. The molecular weight excluding hydrogens is 186 g/mol. The van der Waals surface area contributed by atoms with E-state index in [9.17, 15) is 8.42 Å². The molecule has 0 amide bonds. The lowest BCUT2D eigenvalue weighted by Crippen LogP contribution is -2.35. The Kier molecular flexibility index (Phi) is 1.24. The predicted molar refractivity (Wildman–Crippen MR) is 49.6 cm³/mol. The largest absolute Gasteiger partial charge is 0.215 e. The van der Waals surface area contributed by atoms with Gasteiger partial charge in [0.25, 0.3) is 0 Å². The van der Waals surface area contributed by atoms with E-state index < -0.39 is 10.0 Å². The van der Waals surface area contributed by atoms with Crippen LogP contribution in [0.1, 0.15) is 26.7 Å². The average Bonchev–Trinajstić information content (AvgIpc) is 2.52. The van der Waals surface area contributed by atoms with Crippen LogP contribution in [0.25, 0.3) is 0 Å². The number of fused-ring (bicyclic) bond motifs is 1. The van der Waals surface area contributed by atoms with Crippen molar-refractivity contribution in [1.29, 1.82) is 0 Å². The zero-order chi connectivity index (χ0) is 9.43. The molecule has 2 bridgehead atoms. The van der Waals surface area contributed by atoms with Gasteiger partial charge in [-0.2, -0.15) is 0 Å². The Morgan fingerprint density at radius 2 is 2.08 bits per heavy atom. The first kappa shape index (κ1) is 8.24. The van der Waals surface area contributed by atoms with Crippen LogP contribution in [0, 0.1) is 17.3 Å². The summed E-state index contributed by atoms with van der Waals surface area (Å²) in [4.78, 5) is 0. The lowest BCUT2D eigenvalue weighted by atomic mass is 9.76. The maximum atomic E-state index is 11.7. The number of hydrogen-bond acceptors (Lipinski definition) is 2. The summed E-state index contributed by atoms with van der Waals surface area (Å²) in [5.41, 5.74) is 0.288. The maximum Gasteiger partial charge on any atom is 0.215 e. The van der Waals surface area contributed by atoms with Gasteiger partial charge >= 0.3 is 0 Å². The van der Waals surface area contributed by atoms with Crippen molar-refractivity contribution in [1.82, 2.24) is 4.72 Å². The van der Waals surface area contributed by atoms with Crippen molar-refractivity contribution >= 4 is 10.0 Å². The third kappa shape index (κ3) is 0.773. The third-order valence-electron chi connectivity index (χ3n) is 4.65. The van der Waals surface area contributed by atoms with E-state index in [0.717, 1.165) is 12.8 Å². The molecule has 1 aliphatic heterocycles. The first-order valence-electron chi connectivity index (χ1n) is 4.95. The topological polar surface area (TPSA) is 46.2 Å². The van der Waals surface area contributed by atoms with E-state index in [1.807, 2.05) is 0 Å². The summed E-state index contributed by atoms with van der Waals surface area (Å²) in [5, 5.41) is -0.0706. The summed E-state index contributed by atoms with van der Waals surface area (Å²) in [6.07, 6.45) is 1.99. The van der Waals surface area contributed by atoms with Crippen LogP contribution in [0.15, 0.2) is 0 Å². The van der Waals surface area contributed by atoms with Crippen LogP contribution in [-0.2, 0) is 10.0 Å². The van der Waals surface area contributed by atoms with Gasteiger partial charge in [0.1, 0.15) is 0 Å². The molecule has 13 heavy (non-hydrogen) atoms. The molecule has 1 N–H and O–H groups in total. The van der Waals surface area contributed by atoms with E-state index in [1.165, 1.54) is 0 Å². The summed E-state index contributed by atoms with van der Waals surface area (Å²) < 4.78 is 26.1. The Balaban J connectivity index is 2.14. The van der Waals surface area contributed by atoms with Crippen molar-refractivity contribution in [3.63, 3.8) is 0 Å². The Labute approximate surface area is 79.0 Å². The van der Waals surface area contributed by atoms with E-state index in [-0.39, 0.29) is 16.7 Å². The van der Waals surface area contributed by atoms with Gasteiger partial charge in [0.2, 0.25) is 10.0 Å². The van der Waals surface area contributed by atoms with Gasteiger partial charge in [-0.25, -0.2) is 13.1 Å². The molecule has 0 spiro atoms. The minimum Gasteiger partial charge on any atom is -0.212 e. The fraction of sp³-hybridized carbons (Fsp3) is 1.00. The van der Waals surface area contributed by atoms with E-state index in [0.29, 0.717) is 11.8 Å². The van der Waals surface area contributed by atoms with E-state index >= 15 is 0 Å². The van der Waals surface area contributed by atoms with Crippen molar-refractivity contribution < 1.29 is 8.42 Å². The second-order valence-electron chi connectivity index (χ2n) is 5.24. The van der Waals surface area contributed by atoms with Gasteiger partial charge in [-0.15, -0.1) is 0 Å². The van der Waals surface area contributed by atoms with Crippen molar-refractivity contribution in [2.24, 2.45) is 17.3 Å². The number of nitrogens with one attached hydrogen (secondary N) is 1. The zero-order valence-electron chi connectivity index (χ0n) is 7.95. The van der Waals surface area contributed by atoms with E-state index in [4.69, 9.17) is 0 Å². The van der Waals surface area contributed by atoms with Gasteiger partial charge in [0, 0.05) is 6.04 Å². The maximum absolute atomic E-state index is 11.7. The fourth-order valence-electron chi connectivity index (χ4n) is 3.70. The predicted octanol–water partition coefficient (Wildman–Crippen LogP) is 0.723. The molecule has 1 heterocycles. The lowest BCUT2D eigenvalue weighted by molar-refractivity contribution is 0.214. The lowest BCUT2D eigenvalue weighted by Gasteiger charge is -2.30. The van der Waals surface area contributed by atoms with E-state index in [2.05, 4.69) is 18.6 Å². The first-order chi connectivity index (χ1) is 5.94. The normalized spacial score (nSPS) is 61.7. The fourth-order valence-corrected chi connectivity index (χ4v) is 5.96. The standard InChI is InChI=1S/C9H15NO2S/c1-5-8-6-3-9(5,2)4-7(6)13(11,12)10-8/h5-8,10H,3-4H2,1-2H3. The Morgan fingerprint density at radius 1 is 1.38 bits per heavy atom. The van der Waals surface area contributed by atoms with Gasteiger partial charge < -0.3 is 0 Å². The smallest absolute Gasteiger partial charge is 0.212 e. The molecular formula is C9H15NO2S. The van der Waals surface area contributed by atoms with Crippen molar-refractivity contribution in [2.45, 2.75) is 38.0 Å². The first-order valence-corrected chi connectivity index (χ1v) is 6.50. The van der Waals surface area contributed by atoms with Crippen molar-refractivity contribution in [3.05, 3.63) is 0 Å². The average molecular weight is 201 g/mol. The minimum atomic E-state index is -2.95. The van der Waals surface area contributed by atoms with E-state index in [1.54, 1.807) is 0 Å². The monoisotopic (exact) mass is 201 g/mol. The molecule has 3 nitrogen and oxygen atoms in total. The second kappa shape index (κ2) is 1.96. The van der Waals surface area contributed by atoms with Crippen LogP contribution in [0.2, 0.25) is 0 Å².